The topological polar surface area (TPSA) is 102 Å². The molecule has 0 aliphatic carbocycles. The first kappa shape index (κ1) is 18.7. The summed E-state index contributed by atoms with van der Waals surface area (Å²) in [7, 11) is 0. The van der Waals surface area contributed by atoms with Crippen LogP contribution in [0.15, 0.2) is 46.1 Å². The first-order chi connectivity index (χ1) is 12.9. The monoisotopic (exact) mass is 387 g/mol. The minimum absolute atomic E-state index is 0.230. The van der Waals surface area contributed by atoms with E-state index in [1.54, 1.807) is 0 Å². The molecule has 3 rings (SSSR count). The van der Waals surface area contributed by atoms with Crippen molar-refractivity contribution in [3.8, 4) is 11.6 Å². The maximum atomic E-state index is 11.7. The lowest BCUT2D eigenvalue weighted by atomic mass is 10.1. The van der Waals surface area contributed by atoms with Crippen LogP contribution in [0.4, 0.5) is 5.95 Å². The minimum Gasteiger partial charge on any atom is -0.439 e. The lowest BCUT2D eigenvalue weighted by molar-refractivity contribution is 0.461. The Balaban J connectivity index is 1.69. The number of benzene rings is 1. The second kappa shape index (κ2) is 8.05. The summed E-state index contributed by atoms with van der Waals surface area (Å²) in [6.07, 6.45) is 1.43. The molecule has 2 aromatic heterocycles. The molecular weight excluding hydrogens is 370 g/mol. The Kier molecular flexibility index (Phi) is 5.56. The van der Waals surface area contributed by atoms with E-state index in [9.17, 15) is 9.59 Å². The Hall–Kier alpha value is -3.13. The van der Waals surface area contributed by atoms with Crippen LogP contribution in [0.2, 0.25) is 5.15 Å². The quantitative estimate of drug-likeness (QED) is 0.630. The van der Waals surface area contributed by atoms with Crippen molar-refractivity contribution < 1.29 is 4.74 Å². The van der Waals surface area contributed by atoms with Gasteiger partial charge in [0.2, 0.25) is 11.8 Å². The summed E-state index contributed by atoms with van der Waals surface area (Å²) in [5, 5.41) is 3.22. The van der Waals surface area contributed by atoms with Crippen molar-refractivity contribution in [1.29, 1.82) is 0 Å². The second-order valence-electron chi connectivity index (χ2n) is 6.01. The SMILES string of the molecule is Cc1cc(C)cc(Oc2cc(Cl)nc(NCCn3ccc(=O)[nH]c3=O)n2)c1. The molecule has 0 spiro atoms. The van der Waals surface area contributed by atoms with Gasteiger partial charge in [0.05, 0.1) is 0 Å². The summed E-state index contributed by atoms with van der Waals surface area (Å²) in [6.45, 7) is 4.64. The minimum atomic E-state index is -0.477. The van der Waals surface area contributed by atoms with E-state index >= 15 is 0 Å². The van der Waals surface area contributed by atoms with E-state index in [-0.39, 0.29) is 11.1 Å². The number of ether oxygens (including phenoxy) is 1. The van der Waals surface area contributed by atoms with E-state index in [2.05, 4.69) is 20.3 Å². The van der Waals surface area contributed by atoms with Crippen LogP contribution in [0.3, 0.4) is 0 Å². The largest absolute Gasteiger partial charge is 0.439 e. The average molecular weight is 388 g/mol. The zero-order chi connectivity index (χ0) is 19.4. The molecule has 2 N–H and O–H groups in total. The van der Waals surface area contributed by atoms with Crippen molar-refractivity contribution in [3.63, 3.8) is 0 Å². The lowest BCUT2D eigenvalue weighted by Gasteiger charge is -2.10. The number of H-pyrrole nitrogens is 1. The molecule has 3 aromatic rings. The number of anilines is 1. The van der Waals surface area contributed by atoms with Gasteiger partial charge in [-0.3, -0.25) is 14.3 Å². The summed E-state index contributed by atoms with van der Waals surface area (Å²) in [6, 6.07) is 8.66. The third-order valence-corrected chi connectivity index (χ3v) is 3.82. The highest BCUT2D eigenvalue weighted by atomic mass is 35.5. The third-order valence-electron chi connectivity index (χ3n) is 3.62. The third kappa shape index (κ3) is 5.18. The van der Waals surface area contributed by atoms with Crippen LogP contribution in [-0.2, 0) is 6.54 Å². The Morgan fingerprint density at radius 3 is 2.59 bits per heavy atom. The summed E-state index contributed by atoms with van der Waals surface area (Å²) < 4.78 is 7.15. The maximum Gasteiger partial charge on any atom is 0.328 e. The summed E-state index contributed by atoms with van der Waals surface area (Å²) >= 11 is 6.05. The molecule has 0 aliphatic heterocycles. The Bertz CT molecular complexity index is 1060. The molecule has 0 bridgehead atoms. The number of halogens is 1. The van der Waals surface area contributed by atoms with Crippen LogP contribution in [-0.4, -0.2) is 26.1 Å². The fraction of sp³-hybridized carbons (Fsp3) is 0.222. The van der Waals surface area contributed by atoms with Gasteiger partial charge in [0.25, 0.3) is 5.56 Å². The van der Waals surface area contributed by atoms with E-state index in [1.165, 1.54) is 22.9 Å². The number of nitrogens with zero attached hydrogens (tertiary/aromatic N) is 3. The first-order valence-electron chi connectivity index (χ1n) is 8.23. The van der Waals surface area contributed by atoms with Gasteiger partial charge in [-0.15, -0.1) is 0 Å². The highest BCUT2D eigenvalue weighted by molar-refractivity contribution is 6.29. The average Bonchev–Trinajstić information content (AvgIpc) is 2.55. The predicted molar refractivity (Wildman–Crippen MR) is 103 cm³/mol. The molecule has 8 nitrogen and oxygen atoms in total. The van der Waals surface area contributed by atoms with Gasteiger partial charge in [0.1, 0.15) is 10.9 Å². The van der Waals surface area contributed by atoms with Crippen molar-refractivity contribution in [2.45, 2.75) is 20.4 Å². The van der Waals surface area contributed by atoms with Gasteiger partial charge in [-0.25, -0.2) is 9.78 Å². The molecule has 0 amide bonds. The first-order valence-corrected chi connectivity index (χ1v) is 8.61. The van der Waals surface area contributed by atoms with Crippen LogP contribution in [0, 0.1) is 13.8 Å². The van der Waals surface area contributed by atoms with E-state index in [1.807, 2.05) is 32.0 Å². The summed E-state index contributed by atoms with van der Waals surface area (Å²) in [4.78, 5) is 33.3. The van der Waals surface area contributed by atoms with Crippen molar-refractivity contribution in [3.05, 3.63) is 73.6 Å². The highest BCUT2D eigenvalue weighted by Gasteiger charge is 2.07. The fourth-order valence-corrected chi connectivity index (χ4v) is 2.72. The molecule has 9 heteroatoms. The molecule has 27 heavy (non-hydrogen) atoms. The molecule has 0 saturated carbocycles. The molecule has 0 radical (unpaired) electrons. The van der Waals surface area contributed by atoms with E-state index in [4.69, 9.17) is 16.3 Å². The van der Waals surface area contributed by atoms with Crippen LogP contribution < -0.4 is 21.3 Å². The summed E-state index contributed by atoms with van der Waals surface area (Å²) in [5.74, 6) is 1.25. The molecule has 0 atom stereocenters. The number of aromatic nitrogens is 4. The molecule has 0 fully saturated rings. The van der Waals surface area contributed by atoms with Crippen molar-refractivity contribution in [2.24, 2.45) is 0 Å². The maximum absolute atomic E-state index is 11.7. The Morgan fingerprint density at radius 1 is 1.15 bits per heavy atom. The number of rotatable bonds is 6. The van der Waals surface area contributed by atoms with Crippen LogP contribution >= 0.6 is 11.6 Å². The highest BCUT2D eigenvalue weighted by Crippen LogP contribution is 2.24. The number of aromatic amines is 1. The normalized spacial score (nSPS) is 10.6. The standard InChI is InChI=1S/C18H18ClN5O3/c1-11-7-12(2)9-13(8-11)27-16-10-14(19)21-17(23-16)20-4-6-24-5-3-15(25)22-18(24)26/h3,5,7-10H,4,6H2,1-2H3,(H,20,21,23)(H,22,25,26). The number of hydrogen-bond donors (Lipinski definition) is 2. The van der Waals surface area contributed by atoms with Gasteiger partial charge in [-0.05, 0) is 37.1 Å². The van der Waals surface area contributed by atoms with Crippen LogP contribution in [0.1, 0.15) is 11.1 Å². The zero-order valence-corrected chi connectivity index (χ0v) is 15.6. The Morgan fingerprint density at radius 2 is 1.89 bits per heavy atom. The molecule has 0 aliphatic rings. The Labute approximate surface area is 159 Å². The van der Waals surface area contributed by atoms with Crippen molar-refractivity contribution in [2.75, 3.05) is 11.9 Å². The van der Waals surface area contributed by atoms with Gasteiger partial charge in [-0.2, -0.15) is 4.98 Å². The van der Waals surface area contributed by atoms with Gasteiger partial charge >= 0.3 is 5.69 Å². The predicted octanol–water partition coefficient (Wildman–Crippen LogP) is 2.50. The van der Waals surface area contributed by atoms with Crippen molar-refractivity contribution in [1.82, 2.24) is 19.5 Å². The summed E-state index contributed by atoms with van der Waals surface area (Å²) in [5.41, 5.74) is 1.25. The van der Waals surface area contributed by atoms with Crippen LogP contribution in [0.5, 0.6) is 11.6 Å². The fourth-order valence-electron chi connectivity index (χ4n) is 2.55. The van der Waals surface area contributed by atoms with E-state index in [0.717, 1.165) is 11.1 Å². The van der Waals surface area contributed by atoms with Gasteiger partial charge in [-0.1, -0.05) is 17.7 Å². The molecular formula is C18H18ClN5O3. The van der Waals surface area contributed by atoms with E-state index in [0.29, 0.717) is 24.7 Å². The molecule has 0 unspecified atom stereocenters. The smallest absolute Gasteiger partial charge is 0.328 e. The number of aryl methyl sites for hydroxylation is 2. The molecule has 0 saturated heterocycles. The molecule has 1 aromatic carbocycles. The molecule has 2 heterocycles. The number of nitrogens with one attached hydrogen (secondary N) is 2. The van der Waals surface area contributed by atoms with Crippen LogP contribution in [0.25, 0.3) is 0 Å². The molecule has 140 valence electrons. The van der Waals surface area contributed by atoms with Gasteiger partial charge in [0.15, 0.2) is 0 Å². The second-order valence-corrected chi connectivity index (χ2v) is 6.40. The zero-order valence-electron chi connectivity index (χ0n) is 14.8. The lowest BCUT2D eigenvalue weighted by Crippen LogP contribution is -2.30. The van der Waals surface area contributed by atoms with E-state index < -0.39 is 11.2 Å². The van der Waals surface area contributed by atoms with Gasteiger partial charge < -0.3 is 10.1 Å². The van der Waals surface area contributed by atoms with Crippen molar-refractivity contribution >= 4 is 17.5 Å². The van der Waals surface area contributed by atoms with Gasteiger partial charge in [0, 0.05) is 31.4 Å². The number of hydrogen-bond acceptors (Lipinski definition) is 6.